The van der Waals surface area contributed by atoms with Gasteiger partial charge in [-0.1, -0.05) is 19.1 Å². The van der Waals surface area contributed by atoms with Crippen molar-refractivity contribution >= 4 is 17.5 Å². The van der Waals surface area contributed by atoms with Crippen LogP contribution < -0.4 is 15.8 Å². The van der Waals surface area contributed by atoms with Crippen LogP contribution in [0.5, 0.6) is 11.5 Å². The first-order chi connectivity index (χ1) is 11.1. The number of hydrogen-bond donors (Lipinski definition) is 3. The Kier molecular flexibility index (Phi) is 5.52. The molecule has 0 fully saturated rings. The first-order valence-corrected chi connectivity index (χ1v) is 7.72. The Morgan fingerprint density at radius 3 is 2.57 bits per heavy atom. The Morgan fingerprint density at radius 1 is 1.26 bits per heavy atom. The molecule has 23 heavy (non-hydrogen) atoms. The molecule has 4 nitrogen and oxygen atoms in total. The average molecular weight is 312 g/mol. The lowest BCUT2D eigenvalue weighted by Crippen LogP contribution is -2.05. The number of aromatic hydroxyl groups is 1. The van der Waals surface area contributed by atoms with Crippen molar-refractivity contribution in [2.24, 2.45) is 0 Å². The van der Waals surface area contributed by atoms with Gasteiger partial charge in [-0.25, -0.2) is 0 Å². The van der Waals surface area contributed by atoms with Gasteiger partial charge >= 0.3 is 0 Å². The van der Waals surface area contributed by atoms with Crippen molar-refractivity contribution in [2.45, 2.75) is 26.8 Å². The van der Waals surface area contributed by atoms with Crippen LogP contribution in [-0.4, -0.2) is 12.2 Å². The van der Waals surface area contributed by atoms with Crippen LogP contribution >= 0.6 is 0 Å². The van der Waals surface area contributed by atoms with E-state index in [9.17, 15) is 5.11 Å². The van der Waals surface area contributed by atoms with E-state index in [-0.39, 0.29) is 5.75 Å². The lowest BCUT2D eigenvalue weighted by Gasteiger charge is -2.15. The monoisotopic (exact) mass is 312 g/mol. The molecule has 0 aliphatic carbocycles. The third kappa shape index (κ3) is 3.97. The number of anilines is 2. The molecule has 0 unspecified atom stereocenters. The molecule has 2 aromatic rings. The van der Waals surface area contributed by atoms with Crippen LogP contribution in [-0.2, 0) is 6.54 Å². The van der Waals surface area contributed by atoms with Gasteiger partial charge in [-0.05, 0) is 54.8 Å². The van der Waals surface area contributed by atoms with Crippen LogP contribution in [0.1, 0.15) is 30.0 Å². The molecule has 0 aliphatic rings. The maximum Gasteiger partial charge on any atom is 0.144 e. The zero-order chi connectivity index (χ0) is 16.8. The van der Waals surface area contributed by atoms with Gasteiger partial charge in [-0.3, -0.25) is 0 Å². The summed E-state index contributed by atoms with van der Waals surface area (Å²) < 4.78 is 5.15. The number of methoxy groups -OCH3 is 1. The fraction of sp³-hybridized carbons (Fsp3) is 0.263. The van der Waals surface area contributed by atoms with Gasteiger partial charge < -0.3 is 20.9 Å². The number of nitrogens with two attached hydrogens (primary N) is 1. The first-order valence-electron chi connectivity index (χ1n) is 7.72. The molecule has 122 valence electrons. The Morgan fingerprint density at radius 2 is 1.96 bits per heavy atom. The first kappa shape index (κ1) is 16.7. The second kappa shape index (κ2) is 7.58. The maximum absolute atomic E-state index is 10.3. The number of nitrogen functional groups attached to an aromatic ring is 1. The van der Waals surface area contributed by atoms with Gasteiger partial charge in [0.25, 0.3) is 0 Å². The highest BCUT2D eigenvalue weighted by Crippen LogP contribution is 2.32. The van der Waals surface area contributed by atoms with E-state index in [4.69, 9.17) is 10.5 Å². The summed E-state index contributed by atoms with van der Waals surface area (Å²) in [5, 5.41) is 13.7. The van der Waals surface area contributed by atoms with E-state index in [1.807, 2.05) is 43.3 Å². The molecule has 0 saturated heterocycles. The minimum atomic E-state index is 0.146. The topological polar surface area (TPSA) is 67.5 Å². The smallest absolute Gasteiger partial charge is 0.144 e. The largest absolute Gasteiger partial charge is 0.505 e. The number of phenolic OH excluding ortho intramolecular Hbond substituents is 1. The van der Waals surface area contributed by atoms with Gasteiger partial charge in [0, 0.05) is 17.8 Å². The molecule has 0 spiro atoms. The van der Waals surface area contributed by atoms with Gasteiger partial charge in [0.2, 0.25) is 0 Å². The number of benzene rings is 2. The highest BCUT2D eigenvalue weighted by Gasteiger charge is 2.12. The van der Waals surface area contributed by atoms with E-state index in [2.05, 4.69) is 18.3 Å². The van der Waals surface area contributed by atoms with Crippen LogP contribution in [0.15, 0.2) is 36.4 Å². The maximum atomic E-state index is 10.3. The van der Waals surface area contributed by atoms with Crippen molar-refractivity contribution < 1.29 is 9.84 Å². The van der Waals surface area contributed by atoms with Crippen LogP contribution in [0, 0.1) is 6.92 Å². The minimum Gasteiger partial charge on any atom is -0.505 e. The summed E-state index contributed by atoms with van der Waals surface area (Å²) in [6.07, 6.45) is 5.06. The minimum absolute atomic E-state index is 0.146. The molecule has 4 N–H and O–H groups in total. The van der Waals surface area contributed by atoms with Crippen molar-refractivity contribution in [3.05, 3.63) is 53.1 Å². The quantitative estimate of drug-likeness (QED) is 0.549. The molecule has 0 aromatic heterocycles. The highest BCUT2D eigenvalue weighted by atomic mass is 16.5. The van der Waals surface area contributed by atoms with E-state index in [1.165, 1.54) is 0 Å². The second-order valence-corrected chi connectivity index (χ2v) is 5.42. The van der Waals surface area contributed by atoms with E-state index < -0.39 is 0 Å². The number of phenols is 1. The lowest BCUT2D eigenvalue weighted by atomic mass is 9.98. The fourth-order valence-corrected chi connectivity index (χ4v) is 2.47. The molecule has 0 aliphatic heterocycles. The fourth-order valence-electron chi connectivity index (χ4n) is 2.47. The summed E-state index contributed by atoms with van der Waals surface area (Å²) in [6.45, 7) is 4.58. The van der Waals surface area contributed by atoms with Crippen molar-refractivity contribution in [3.8, 4) is 11.5 Å². The predicted octanol–water partition coefficient (Wildman–Crippen LogP) is 4.33. The number of aryl methyl sites for hydroxylation is 1. The van der Waals surface area contributed by atoms with E-state index in [1.54, 1.807) is 7.11 Å². The third-order valence-electron chi connectivity index (χ3n) is 3.76. The molecule has 0 amide bonds. The summed E-state index contributed by atoms with van der Waals surface area (Å²) in [7, 11) is 1.64. The summed E-state index contributed by atoms with van der Waals surface area (Å²) in [5.41, 5.74) is 10.1. The molecule has 0 heterocycles. The van der Waals surface area contributed by atoms with Crippen molar-refractivity contribution in [2.75, 3.05) is 18.2 Å². The van der Waals surface area contributed by atoms with Gasteiger partial charge in [-0.15, -0.1) is 0 Å². The number of allylic oxidation sites excluding steroid dienone is 1. The van der Waals surface area contributed by atoms with Gasteiger partial charge in [0.05, 0.1) is 12.8 Å². The zero-order valence-electron chi connectivity index (χ0n) is 13.9. The Balaban J connectivity index is 2.28. The molecule has 4 heteroatoms. The Bertz CT molecular complexity index is 692. The van der Waals surface area contributed by atoms with Crippen molar-refractivity contribution in [1.29, 1.82) is 0 Å². The number of rotatable bonds is 6. The van der Waals surface area contributed by atoms with E-state index in [0.717, 1.165) is 34.5 Å². The van der Waals surface area contributed by atoms with Crippen LogP contribution in [0.2, 0.25) is 0 Å². The third-order valence-corrected chi connectivity index (χ3v) is 3.76. The van der Waals surface area contributed by atoms with Crippen LogP contribution in [0.3, 0.4) is 0 Å². The second-order valence-electron chi connectivity index (χ2n) is 5.42. The lowest BCUT2D eigenvalue weighted by molar-refractivity contribution is 0.415. The number of nitrogens with one attached hydrogen (secondary N) is 1. The summed E-state index contributed by atoms with van der Waals surface area (Å²) in [4.78, 5) is 0. The van der Waals surface area contributed by atoms with Crippen LogP contribution in [0.4, 0.5) is 11.4 Å². The van der Waals surface area contributed by atoms with Gasteiger partial charge in [0.1, 0.15) is 11.5 Å². The Labute approximate surface area is 137 Å². The average Bonchev–Trinajstić information content (AvgIpc) is 2.56. The predicted molar refractivity (Wildman–Crippen MR) is 96.9 cm³/mol. The van der Waals surface area contributed by atoms with Crippen molar-refractivity contribution in [3.63, 3.8) is 0 Å². The van der Waals surface area contributed by atoms with Crippen molar-refractivity contribution in [1.82, 2.24) is 0 Å². The number of ether oxygens (including phenoxy) is 1. The highest BCUT2D eigenvalue weighted by molar-refractivity contribution is 5.70. The summed E-state index contributed by atoms with van der Waals surface area (Å²) in [5.74, 6) is 0.956. The number of hydrogen-bond acceptors (Lipinski definition) is 4. The Hall–Kier alpha value is -2.62. The van der Waals surface area contributed by atoms with E-state index in [0.29, 0.717) is 12.2 Å². The van der Waals surface area contributed by atoms with E-state index >= 15 is 0 Å². The summed E-state index contributed by atoms with van der Waals surface area (Å²) in [6, 6.07) is 9.48. The molecule has 0 radical (unpaired) electrons. The zero-order valence-corrected chi connectivity index (χ0v) is 13.9. The van der Waals surface area contributed by atoms with Gasteiger partial charge in [-0.2, -0.15) is 0 Å². The molecule has 2 aromatic carbocycles. The normalized spacial score (nSPS) is 10.9. The molecule has 0 atom stereocenters. The molecular formula is C19H24N2O2. The molecular weight excluding hydrogens is 288 g/mol. The molecule has 0 bridgehead atoms. The molecule has 2 rings (SSSR count). The molecule has 0 saturated carbocycles. The summed E-state index contributed by atoms with van der Waals surface area (Å²) >= 11 is 0. The van der Waals surface area contributed by atoms with Gasteiger partial charge in [0.15, 0.2) is 0 Å². The SMILES string of the molecule is CC/C=C\c1c(C)cc(N)c(O)c1CNc1ccc(OC)cc1. The standard InChI is InChI=1S/C19H24N2O2/c1-4-5-6-16-13(2)11-18(20)19(22)17(16)12-21-14-7-9-15(23-3)10-8-14/h5-11,21-22H,4,12,20H2,1-3H3/b6-5-. The van der Waals surface area contributed by atoms with Crippen LogP contribution in [0.25, 0.3) is 6.08 Å².